The van der Waals surface area contributed by atoms with E-state index in [-0.39, 0.29) is 23.7 Å². The van der Waals surface area contributed by atoms with Gasteiger partial charge in [-0.05, 0) is 35.2 Å². The van der Waals surface area contributed by atoms with Crippen LogP contribution in [0, 0.1) is 0 Å². The Morgan fingerprint density at radius 2 is 1.70 bits per heavy atom. The Bertz CT molecular complexity index is 651. The first-order chi connectivity index (χ1) is 10.4. The molecule has 0 fully saturated rings. The van der Waals surface area contributed by atoms with Crippen molar-refractivity contribution in [2.45, 2.75) is 31.1 Å². The van der Waals surface area contributed by atoms with Crippen LogP contribution in [0.5, 0.6) is 0 Å². The van der Waals surface area contributed by atoms with Gasteiger partial charge in [0, 0.05) is 4.90 Å². The van der Waals surface area contributed by atoms with Crippen molar-refractivity contribution in [3.05, 3.63) is 54.1 Å². The Morgan fingerprint density at radius 1 is 1.09 bits per heavy atom. The van der Waals surface area contributed by atoms with Crippen molar-refractivity contribution in [1.29, 1.82) is 0 Å². The van der Waals surface area contributed by atoms with E-state index in [0.717, 1.165) is 4.90 Å². The minimum absolute atomic E-state index is 0. The van der Waals surface area contributed by atoms with E-state index in [9.17, 15) is 4.79 Å². The SMILES string of the molecule is CC(C)(C)c1ccc(SCC(=O)Nc2ccccc2N)cc1.Cl. The molecule has 3 nitrogen and oxygen atoms in total. The van der Waals surface area contributed by atoms with E-state index in [2.05, 4.69) is 50.4 Å². The Kier molecular flexibility index (Phi) is 6.98. The molecule has 2 rings (SSSR count). The number of hydrogen-bond donors (Lipinski definition) is 2. The molecule has 0 saturated heterocycles. The molecule has 0 aliphatic heterocycles. The van der Waals surface area contributed by atoms with Crippen LogP contribution in [0.4, 0.5) is 11.4 Å². The zero-order valence-corrected chi connectivity index (χ0v) is 15.3. The number of nitrogen functional groups attached to an aromatic ring is 1. The first-order valence-electron chi connectivity index (χ1n) is 7.24. The summed E-state index contributed by atoms with van der Waals surface area (Å²) in [7, 11) is 0. The molecule has 0 heterocycles. The average Bonchev–Trinajstić information content (AvgIpc) is 2.47. The van der Waals surface area contributed by atoms with Crippen LogP contribution in [0.25, 0.3) is 0 Å². The molecule has 0 saturated carbocycles. The quantitative estimate of drug-likeness (QED) is 0.619. The maximum atomic E-state index is 12.0. The van der Waals surface area contributed by atoms with E-state index >= 15 is 0 Å². The molecule has 0 atom stereocenters. The number of thioether (sulfide) groups is 1. The maximum Gasteiger partial charge on any atom is 0.234 e. The van der Waals surface area contributed by atoms with Crippen LogP contribution in [-0.2, 0) is 10.2 Å². The van der Waals surface area contributed by atoms with Crippen LogP contribution >= 0.6 is 24.2 Å². The molecular formula is C18H23ClN2OS. The maximum absolute atomic E-state index is 12.0. The van der Waals surface area contributed by atoms with Gasteiger partial charge in [-0.2, -0.15) is 0 Å². The van der Waals surface area contributed by atoms with Crippen LogP contribution in [-0.4, -0.2) is 11.7 Å². The second-order valence-corrected chi connectivity index (χ2v) is 7.25. The standard InChI is InChI=1S/C18H22N2OS.ClH/c1-18(2,3)13-8-10-14(11-9-13)22-12-17(21)20-16-7-5-4-6-15(16)19;/h4-11H,12,19H2,1-3H3,(H,20,21);1H. The number of rotatable bonds is 4. The van der Waals surface area contributed by atoms with Crippen molar-refractivity contribution in [3.8, 4) is 0 Å². The topological polar surface area (TPSA) is 55.1 Å². The molecule has 1 amide bonds. The number of halogens is 1. The molecule has 0 spiro atoms. The molecule has 0 aliphatic carbocycles. The van der Waals surface area contributed by atoms with Gasteiger partial charge in [0.15, 0.2) is 0 Å². The second-order valence-electron chi connectivity index (χ2n) is 6.20. The van der Waals surface area contributed by atoms with Gasteiger partial charge in [0.1, 0.15) is 0 Å². The van der Waals surface area contributed by atoms with E-state index in [1.165, 1.54) is 17.3 Å². The van der Waals surface area contributed by atoms with Crippen molar-refractivity contribution < 1.29 is 4.79 Å². The van der Waals surface area contributed by atoms with Crippen molar-refractivity contribution in [2.24, 2.45) is 0 Å². The fourth-order valence-electron chi connectivity index (χ4n) is 2.00. The molecule has 2 aromatic carbocycles. The number of nitrogens with two attached hydrogens (primary N) is 1. The van der Waals surface area contributed by atoms with E-state index in [1.54, 1.807) is 12.1 Å². The highest BCUT2D eigenvalue weighted by molar-refractivity contribution is 8.00. The number of carbonyl (C=O) groups is 1. The first kappa shape index (κ1) is 19.4. The summed E-state index contributed by atoms with van der Waals surface area (Å²) >= 11 is 1.52. The molecule has 0 aliphatic rings. The summed E-state index contributed by atoms with van der Waals surface area (Å²) in [5, 5.41) is 2.83. The molecule has 0 radical (unpaired) electrons. The summed E-state index contributed by atoms with van der Waals surface area (Å²) in [6.07, 6.45) is 0. The third-order valence-corrected chi connectivity index (χ3v) is 4.34. The van der Waals surface area contributed by atoms with Gasteiger partial charge < -0.3 is 11.1 Å². The largest absolute Gasteiger partial charge is 0.397 e. The number of hydrogen-bond acceptors (Lipinski definition) is 3. The Labute approximate surface area is 148 Å². The summed E-state index contributed by atoms with van der Waals surface area (Å²) in [4.78, 5) is 13.1. The second kappa shape index (κ2) is 8.27. The minimum atomic E-state index is -0.0530. The number of benzene rings is 2. The summed E-state index contributed by atoms with van der Waals surface area (Å²) < 4.78 is 0. The number of amides is 1. The highest BCUT2D eigenvalue weighted by atomic mass is 35.5. The Balaban J connectivity index is 0.00000264. The van der Waals surface area contributed by atoms with Crippen LogP contribution < -0.4 is 11.1 Å². The van der Waals surface area contributed by atoms with Gasteiger partial charge in [-0.25, -0.2) is 0 Å². The molecule has 5 heteroatoms. The molecule has 23 heavy (non-hydrogen) atoms. The van der Waals surface area contributed by atoms with Crippen molar-refractivity contribution in [3.63, 3.8) is 0 Å². The summed E-state index contributed by atoms with van der Waals surface area (Å²) in [6, 6.07) is 15.6. The predicted octanol–water partition coefficient (Wildman–Crippen LogP) is 4.72. The van der Waals surface area contributed by atoms with Crippen molar-refractivity contribution >= 4 is 41.5 Å². The van der Waals surface area contributed by atoms with E-state index < -0.39 is 0 Å². The van der Waals surface area contributed by atoms with Crippen LogP contribution in [0.1, 0.15) is 26.3 Å². The number of carbonyl (C=O) groups excluding carboxylic acids is 1. The summed E-state index contributed by atoms with van der Waals surface area (Å²) in [5.41, 5.74) is 8.49. The average molecular weight is 351 g/mol. The van der Waals surface area contributed by atoms with Gasteiger partial charge in [0.05, 0.1) is 17.1 Å². The summed E-state index contributed by atoms with van der Waals surface area (Å²) in [5.74, 6) is 0.311. The van der Waals surface area contributed by atoms with E-state index in [4.69, 9.17) is 5.73 Å². The zero-order valence-electron chi connectivity index (χ0n) is 13.6. The van der Waals surface area contributed by atoms with Gasteiger partial charge in [-0.1, -0.05) is 45.0 Å². The molecule has 2 aromatic rings. The molecule has 0 aromatic heterocycles. The highest BCUT2D eigenvalue weighted by Gasteiger charge is 2.13. The van der Waals surface area contributed by atoms with Gasteiger partial charge >= 0.3 is 0 Å². The lowest BCUT2D eigenvalue weighted by atomic mass is 9.87. The lowest BCUT2D eigenvalue weighted by molar-refractivity contribution is -0.113. The molecule has 3 N–H and O–H groups in total. The van der Waals surface area contributed by atoms with Crippen LogP contribution in [0.3, 0.4) is 0 Å². The van der Waals surface area contributed by atoms with Crippen LogP contribution in [0.2, 0.25) is 0 Å². The third kappa shape index (κ3) is 5.81. The monoisotopic (exact) mass is 350 g/mol. The number of nitrogens with one attached hydrogen (secondary N) is 1. The number of anilines is 2. The van der Waals surface area contributed by atoms with E-state index in [0.29, 0.717) is 17.1 Å². The Morgan fingerprint density at radius 3 is 2.26 bits per heavy atom. The number of para-hydroxylation sites is 2. The van der Waals surface area contributed by atoms with Gasteiger partial charge in [0.2, 0.25) is 5.91 Å². The minimum Gasteiger partial charge on any atom is -0.397 e. The third-order valence-electron chi connectivity index (χ3n) is 3.33. The smallest absolute Gasteiger partial charge is 0.234 e. The molecule has 124 valence electrons. The zero-order chi connectivity index (χ0) is 16.2. The fraction of sp³-hybridized carbons (Fsp3) is 0.278. The fourth-order valence-corrected chi connectivity index (χ4v) is 2.70. The van der Waals surface area contributed by atoms with Gasteiger partial charge in [-0.3, -0.25) is 4.79 Å². The Hall–Kier alpha value is -1.65. The van der Waals surface area contributed by atoms with E-state index in [1.807, 2.05) is 12.1 Å². The highest BCUT2D eigenvalue weighted by Crippen LogP contribution is 2.26. The lowest BCUT2D eigenvalue weighted by Crippen LogP contribution is -2.15. The lowest BCUT2D eigenvalue weighted by Gasteiger charge is -2.19. The normalized spacial score (nSPS) is 10.7. The first-order valence-corrected chi connectivity index (χ1v) is 8.22. The summed E-state index contributed by atoms with van der Waals surface area (Å²) in [6.45, 7) is 6.56. The van der Waals surface area contributed by atoms with Gasteiger partial charge in [0.25, 0.3) is 0 Å². The van der Waals surface area contributed by atoms with Gasteiger partial charge in [-0.15, -0.1) is 24.2 Å². The van der Waals surface area contributed by atoms with Crippen molar-refractivity contribution in [2.75, 3.05) is 16.8 Å². The molecular weight excluding hydrogens is 328 g/mol. The predicted molar refractivity (Wildman–Crippen MR) is 103 cm³/mol. The molecule has 0 bridgehead atoms. The van der Waals surface area contributed by atoms with Crippen LogP contribution in [0.15, 0.2) is 53.4 Å². The molecule has 0 unspecified atom stereocenters. The van der Waals surface area contributed by atoms with Crippen molar-refractivity contribution in [1.82, 2.24) is 0 Å².